The Morgan fingerprint density at radius 1 is 0.844 bits per heavy atom. The van der Waals surface area contributed by atoms with Crippen LogP contribution < -0.4 is 0 Å². The second kappa shape index (κ2) is 17.5. The fourth-order valence-electron chi connectivity index (χ4n) is 3.07. The highest BCUT2D eigenvalue weighted by molar-refractivity contribution is 7.86. The maximum absolute atomic E-state index is 12.8. The Morgan fingerprint density at radius 3 is 1.56 bits per heavy atom. The van der Waals surface area contributed by atoms with E-state index >= 15 is 0 Å². The van der Waals surface area contributed by atoms with Crippen molar-refractivity contribution in [1.29, 1.82) is 0 Å². The van der Waals surface area contributed by atoms with E-state index in [1.165, 1.54) is 27.7 Å². The number of halogens is 6. The normalized spacial score (nSPS) is 16.4. The number of hydrogen-bond donors (Lipinski definition) is 2. The van der Waals surface area contributed by atoms with Gasteiger partial charge in [-0.25, -0.2) is 0 Å². The molecule has 0 amide bonds. The van der Waals surface area contributed by atoms with Crippen LogP contribution >= 0.6 is 0 Å². The second-order valence-electron chi connectivity index (χ2n) is 12.4. The fourth-order valence-corrected chi connectivity index (χ4v) is 3.50. The Balaban J connectivity index is 0. The van der Waals surface area contributed by atoms with Crippen LogP contribution in [0.25, 0.3) is 0 Å². The summed E-state index contributed by atoms with van der Waals surface area (Å²) < 4.78 is 120. The van der Waals surface area contributed by atoms with Gasteiger partial charge in [0, 0.05) is 19.6 Å². The first-order valence-electron chi connectivity index (χ1n) is 14.5. The molecule has 1 rings (SSSR count). The number of aliphatic hydroxyl groups is 1. The summed E-state index contributed by atoms with van der Waals surface area (Å²) in [6.45, 7) is 18.7. The van der Waals surface area contributed by atoms with Gasteiger partial charge >= 0.3 is 24.3 Å². The largest absolute Gasteiger partial charge is 0.464 e. The zero-order valence-corrected chi connectivity index (χ0v) is 28.6. The summed E-state index contributed by atoms with van der Waals surface area (Å²) in [5, 5.41) is 8.65. The molecule has 10 nitrogen and oxygen atoms in total. The Labute approximate surface area is 262 Å². The maximum atomic E-state index is 12.8. The van der Waals surface area contributed by atoms with Crippen LogP contribution in [-0.2, 0) is 33.9 Å². The number of rotatable bonds is 11. The van der Waals surface area contributed by atoms with Crippen LogP contribution in [-0.4, -0.2) is 103 Å². The van der Waals surface area contributed by atoms with Crippen molar-refractivity contribution < 1.29 is 68.2 Å². The first-order chi connectivity index (χ1) is 20.0. The van der Waals surface area contributed by atoms with Crippen LogP contribution in [0.5, 0.6) is 0 Å². The molecule has 1 aliphatic heterocycles. The quantitative estimate of drug-likeness (QED) is 0.161. The molecule has 1 unspecified atom stereocenters. The number of hydrogen-bond acceptors (Lipinski definition) is 9. The van der Waals surface area contributed by atoms with Crippen LogP contribution in [0.2, 0.25) is 0 Å². The lowest BCUT2D eigenvalue weighted by Crippen LogP contribution is -2.70. The molecule has 270 valence electrons. The highest BCUT2D eigenvalue weighted by Gasteiger charge is 2.78. The van der Waals surface area contributed by atoms with Crippen LogP contribution in [0.3, 0.4) is 0 Å². The smallest absolute Gasteiger partial charge is 0.430 e. The predicted octanol–water partition coefficient (Wildman–Crippen LogP) is 5.57. The van der Waals surface area contributed by atoms with E-state index in [0.717, 1.165) is 39.3 Å². The molecule has 1 atom stereocenters. The van der Waals surface area contributed by atoms with E-state index in [1.54, 1.807) is 6.92 Å². The second-order valence-corrected chi connectivity index (χ2v) is 14.2. The summed E-state index contributed by atoms with van der Waals surface area (Å²) in [7, 11) is -3.75. The van der Waals surface area contributed by atoms with Crippen molar-refractivity contribution in [2.45, 2.75) is 117 Å². The van der Waals surface area contributed by atoms with Gasteiger partial charge in [0.1, 0.15) is 6.61 Å². The Bertz CT molecular complexity index is 1010. The van der Waals surface area contributed by atoms with E-state index in [2.05, 4.69) is 9.64 Å². The van der Waals surface area contributed by atoms with E-state index in [1.807, 2.05) is 20.8 Å². The van der Waals surface area contributed by atoms with Gasteiger partial charge in [0.25, 0.3) is 15.7 Å². The summed E-state index contributed by atoms with van der Waals surface area (Å²) in [4.78, 5) is 25.7. The molecule has 1 saturated heterocycles. The molecule has 0 bridgehead atoms. The van der Waals surface area contributed by atoms with Crippen molar-refractivity contribution in [3.8, 4) is 0 Å². The van der Waals surface area contributed by atoms with E-state index in [4.69, 9.17) is 14.0 Å². The van der Waals surface area contributed by atoms with Crippen molar-refractivity contribution in [2.75, 3.05) is 39.5 Å². The molecule has 0 saturated carbocycles. The molecule has 0 aliphatic carbocycles. The molecule has 0 aromatic heterocycles. The molecule has 0 radical (unpaired) electrons. The minimum absolute atomic E-state index is 0.0942. The summed E-state index contributed by atoms with van der Waals surface area (Å²) in [6.07, 6.45) is -10.7. The van der Waals surface area contributed by atoms with Gasteiger partial charge in [0.05, 0.1) is 29.3 Å². The number of nitrogens with zero attached hydrogens (tertiary/aromatic N) is 1. The summed E-state index contributed by atoms with van der Waals surface area (Å²) in [5.74, 6) is -1.36. The topological polar surface area (TPSA) is 140 Å². The summed E-state index contributed by atoms with van der Waals surface area (Å²) >= 11 is 0. The number of carbonyl (C=O) groups is 2. The molecule has 0 aromatic carbocycles. The number of morpholine rings is 1. The van der Waals surface area contributed by atoms with Gasteiger partial charge < -0.3 is 19.3 Å². The Kier molecular flexibility index (Phi) is 17.6. The lowest BCUT2D eigenvalue weighted by Gasteiger charge is -2.44. The highest BCUT2D eigenvalue weighted by Crippen LogP contribution is 2.51. The molecule has 0 aromatic rings. The van der Waals surface area contributed by atoms with E-state index in [9.17, 15) is 49.5 Å². The highest BCUT2D eigenvalue weighted by atomic mass is 32.2. The van der Waals surface area contributed by atoms with Crippen LogP contribution in [0.15, 0.2) is 0 Å². The number of alkyl halides is 6. The van der Waals surface area contributed by atoms with E-state index in [0.29, 0.717) is 26.9 Å². The lowest BCUT2D eigenvalue weighted by molar-refractivity contribution is -0.408. The van der Waals surface area contributed by atoms with E-state index in [-0.39, 0.29) is 17.8 Å². The van der Waals surface area contributed by atoms with E-state index < -0.39 is 50.3 Å². The average molecular weight is 692 g/mol. The first-order valence-corrected chi connectivity index (χ1v) is 16.0. The van der Waals surface area contributed by atoms with Crippen LogP contribution in [0, 0.1) is 10.8 Å². The Morgan fingerprint density at radius 2 is 1.24 bits per heavy atom. The van der Waals surface area contributed by atoms with Gasteiger partial charge in [-0.3, -0.25) is 19.0 Å². The Hall–Kier alpha value is -1.69. The molecule has 1 heterocycles. The molecule has 17 heteroatoms. The van der Waals surface area contributed by atoms with Crippen LogP contribution in [0.1, 0.15) is 88.5 Å². The molecule has 1 fully saturated rings. The predicted molar refractivity (Wildman–Crippen MR) is 155 cm³/mol. The lowest BCUT2D eigenvalue weighted by atomic mass is 9.83. The summed E-state index contributed by atoms with van der Waals surface area (Å²) in [5.41, 5.74) is -10.1. The maximum Gasteiger partial charge on any atom is 0.430 e. The van der Waals surface area contributed by atoms with Crippen molar-refractivity contribution >= 4 is 22.1 Å². The molecule has 2 N–H and O–H groups in total. The molecule has 45 heavy (non-hydrogen) atoms. The SMILES string of the molecule is CCC(C)(C)C(=O)OC(C)(C)C(O)(C(F)(F)F)C(F)(F)F.CCC(C)(C)C(=O)OCCN1CCOCC1.CCC(C)S(=O)(=O)O. The average Bonchev–Trinajstić information content (AvgIpc) is 2.91. The van der Waals surface area contributed by atoms with Gasteiger partial charge in [0.2, 0.25) is 0 Å². The van der Waals surface area contributed by atoms with Crippen molar-refractivity contribution in [3.63, 3.8) is 0 Å². The van der Waals surface area contributed by atoms with Gasteiger partial charge in [0.15, 0.2) is 5.60 Å². The van der Waals surface area contributed by atoms with Crippen LogP contribution in [0.4, 0.5) is 26.3 Å². The monoisotopic (exact) mass is 691 g/mol. The van der Waals surface area contributed by atoms with Crippen molar-refractivity contribution in [2.24, 2.45) is 10.8 Å². The van der Waals surface area contributed by atoms with Crippen molar-refractivity contribution in [1.82, 2.24) is 4.90 Å². The van der Waals surface area contributed by atoms with Gasteiger partial charge in [-0.15, -0.1) is 0 Å². The zero-order valence-electron chi connectivity index (χ0n) is 27.8. The minimum atomic E-state index is -6.06. The third kappa shape index (κ3) is 13.9. The number of ether oxygens (including phenoxy) is 3. The van der Waals surface area contributed by atoms with Gasteiger partial charge in [-0.1, -0.05) is 20.8 Å². The molecular formula is C28H51F6NO9S. The molecule has 1 aliphatic rings. The third-order valence-corrected chi connectivity index (χ3v) is 9.09. The molecular weight excluding hydrogens is 640 g/mol. The number of carbonyl (C=O) groups excluding carboxylic acids is 2. The van der Waals surface area contributed by atoms with Crippen molar-refractivity contribution in [3.05, 3.63) is 0 Å². The zero-order chi connectivity index (χ0) is 36.3. The number of esters is 2. The first kappa shape index (κ1) is 45.4. The molecule has 0 spiro atoms. The van der Waals surface area contributed by atoms with Gasteiger partial charge in [-0.05, 0) is 67.7 Å². The fraction of sp³-hybridized carbons (Fsp3) is 0.929. The van der Waals surface area contributed by atoms with Gasteiger partial charge in [-0.2, -0.15) is 34.8 Å². The third-order valence-electron chi connectivity index (χ3n) is 7.74. The standard InChI is InChI=1S/C12H18F6O3.C12H23NO3.C4H10O3S/c1-6-8(2,3)7(19)21-9(4,5)10(20,11(13,14)15)12(16,17)18;1-4-12(2,3)11(14)16-10-7-13-5-8-15-9-6-13;1-3-4(2)8(5,6)7/h20H,6H2,1-5H3;4-10H2,1-3H3;4H,3H2,1-2H3,(H,5,6,7). The summed E-state index contributed by atoms with van der Waals surface area (Å²) in [6, 6.07) is 0. The minimum Gasteiger partial charge on any atom is -0.464 e.